The lowest BCUT2D eigenvalue weighted by molar-refractivity contribution is -0.125. The number of hydrogen-bond acceptors (Lipinski definition) is 7. The molecule has 0 aromatic heterocycles. The quantitative estimate of drug-likeness (QED) is 0.0238. The summed E-state index contributed by atoms with van der Waals surface area (Å²) >= 11 is 0. The number of carbonyl (C=O) groups excluding carboxylic acids is 1. The molecular formula is C40H81N2O7P. The van der Waals surface area contributed by atoms with Gasteiger partial charge in [0.2, 0.25) is 5.91 Å². The van der Waals surface area contributed by atoms with Crippen LogP contribution in [0.25, 0.3) is 0 Å². The molecule has 0 spiro atoms. The van der Waals surface area contributed by atoms with Gasteiger partial charge in [-0.3, -0.25) is 13.8 Å². The predicted octanol–water partition coefficient (Wildman–Crippen LogP) is 10.2. The highest BCUT2D eigenvalue weighted by Gasteiger charge is 2.28. The van der Waals surface area contributed by atoms with E-state index < -0.39 is 32.0 Å². The van der Waals surface area contributed by atoms with Gasteiger partial charge in [-0.05, 0) is 38.5 Å². The molecule has 50 heavy (non-hydrogen) atoms. The van der Waals surface area contributed by atoms with Crippen LogP contribution in [-0.2, 0) is 18.4 Å². The summed E-state index contributed by atoms with van der Waals surface area (Å²) in [4.78, 5) is 22.7. The molecule has 0 aliphatic heterocycles. The Balaban J connectivity index is 4.22. The van der Waals surface area contributed by atoms with E-state index in [0.29, 0.717) is 12.8 Å². The van der Waals surface area contributed by atoms with Crippen LogP contribution in [0.2, 0.25) is 0 Å². The fourth-order valence-electron chi connectivity index (χ4n) is 6.23. The van der Waals surface area contributed by atoms with Gasteiger partial charge in [-0.1, -0.05) is 167 Å². The minimum Gasteiger partial charge on any atom is -0.393 e. The molecular weight excluding hydrogens is 651 g/mol. The van der Waals surface area contributed by atoms with Gasteiger partial charge < -0.3 is 26.2 Å². The lowest BCUT2D eigenvalue weighted by Crippen LogP contribution is -2.47. The van der Waals surface area contributed by atoms with E-state index in [9.17, 15) is 24.5 Å². The van der Waals surface area contributed by atoms with Crippen LogP contribution in [-0.4, -0.2) is 59.0 Å². The Morgan fingerprint density at radius 2 is 1.08 bits per heavy atom. The highest BCUT2D eigenvalue weighted by molar-refractivity contribution is 7.47. The average molecular weight is 733 g/mol. The molecule has 0 fully saturated rings. The first-order chi connectivity index (χ1) is 24.3. The van der Waals surface area contributed by atoms with Crippen molar-refractivity contribution < 1.29 is 33.5 Å². The summed E-state index contributed by atoms with van der Waals surface area (Å²) in [5.41, 5.74) is 5.35. The normalized spacial score (nSPS) is 14.9. The Morgan fingerprint density at radius 3 is 1.54 bits per heavy atom. The lowest BCUT2D eigenvalue weighted by atomic mass is 10.0. The minimum atomic E-state index is -4.37. The maximum atomic E-state index is 12.8. The first-order valence-corrected chi connectivity index (χ1v) is 22.4. The molecule has 4 unspecified atom stereocenters. The van der Waals surface area contributed by atoms with Crippen molar-refractivity contribution in [1.82, 2.24) is 5.32 Å². The molecule has 298 valence electrons. The summed E-state index contributed by atoms with van der Waals surface area (Å²) in [5.74, 6) is -0.418. The number of phosphoric ester groups is 1. The van der Waals surface area contributed by atoms with Crippen LogP contribution in [0.15, 0.2) is 12.2 Å². The number of rotatable bonds is 39. The maximum Gasteiger partial charge on any atom is 0.472 e. The monoisotopic (exact) mass is 733 g/mol. The Kier molecular flexibility index (Phi) is 36.0. The molecule has 4 atom stereocenters. The Hall–Kier alpha value is -0.800. The van der Waals surface area contributed by atoms with Crippen molar-refractivity contribution in [1.29, 1.82) is 0 Å². The zero-order chi connectivity index (χ0) is 37.0. The highest BCUT2D eigenvalue weighted by Crippen LogP contribution is 2.43. The second-order valence-corrected chi connectivity index (χ2v) is 15.8. The van der Waals surface area contributed by atoms with Crippen molar-refractivity contribution in [3.05, 3.63) is 12.2 Å². The van der Waals surface area contributed by atoms with Crippen LogP contribution in [0.4, 0.5) is 0 Å². The van der Waals surface area contributed by atoms with Gasteiger partial charge in [0, 0.05) is 6.54 Å². The largest absolute Gasteiger partial charge is 0.472 e. The van der Waals surface area contributed by atoms with Gasteiger partial charge in [-0.25, -0.2) is 4.57 Å². The van der Waals surface area contributed by atoms with E-state index in [1.54, 1.807) is 0 Å². The molecule has 10 heteroatoms. The number of hydrogen-bond donors (Lipinski definition) is 5. The number of aliphatic hydroxyl groups excluding tert-OH is 2. The molecule has 0 bridgehead atoms. The number of carbonyl (C=O) groups is 1. The molecule has 0 aliphatic carbocycles. The molecule has 6 N–H and O–H groups in total. The van der Waals surface area contributed by atoms with Gasteiger partial charge in [-0.15, -0.1) is 0 Å². The van der Waals surface area contributed by atoms with Crippen LogP contribution < -0.4 is 11.1 Å². The van der Waals surface area contributed by atoms with Crippen molar-refractivity contribution >= 4 is 13.7 Å². The van der Waals surface area contributed by atoms with E-state index in [0.717, 1.165) is 44.9 Å². The zero-order valence-corrected chi connectivity index (χ0v) is 33.4. The highest BCUT2D eigenvalue weighted by atomic mass is 31.2. The first kappa shape index (κ1) is 49.2. The Morgan fingerprint density at radius 1 is 0.660 bits per heavy atom. The summed E-state index contributed by atoms with van der Waals surface area (Å²) < 4.78 is 22.0. The van der Waals surface area contributed by atoms with Crippen molar-refractivity contribution in [2.24, 2.45) is 5.73 Å². The van der Waals surface area contributed by atoms with Crippen molar-refractivity contribution in [2.75, 3.05) is 19.8 Å². The maximum absolute atomic E-state index is 12.8. The second kappa shape index (κ2) is 36.6. The van der Waals surface area contributed by atoms with Gasteiger partial charge in [0.1, 0.15) is 0 Å². The van der Waals surface area contributed by atoms with E-state index in [2.05, 4.69) is 31.3 Å². The number of phosphoric acid groups is 1. The van der Waals surface area contributed by atoms with E-state index in [4.69, 9.17) is 14.8 Å². The molecule has 0 rings (SSSR count). The summed E-state index contributed by atoms with van der Waals surface area (Å²) in [5, 5.41) is 24.1. The molecule has 0 saturated carbocycles. The summed E-state index contributed by atoms with van der Waals surface area (Å²) in [6.07, 6.45) is 35.5. The van der Waals surface area contributed by atoms with Gasteiger partial charge in [0.25, 0.3) is 0 Å². The van der Waals surface area contributed by atoms with Crippen LogP contribution in [0.1, 0.15) is 200 Å². The Bertz CT molecular complexity index is 817. The number of amides is 1. The van der Waals surface area contributed by atoms with Crippen molar-refractivity contribution in [3.63, 3.8) is 0 Å². The number of unbranched alkanes of at least 4 members (excludes halogenated alkanes) is 23. The van der Waals surface area contributed by atoms with Crippen LogP contribution in [0, 0.1) is 0 Å². The SMILES string of the molecule is CCCCCCCCCCC/C=C\CCCCCCCC(O)CC(=O)NC(COP(=O)(O)OCCN)C(O)CCCCCCCCCCCC. The summed E-state index contributed by atoms with van der Waals surface area (Å²) in [6.45, 7) is 4.02. The smallest absolute Gasteiger partial charge is 0.393 e. The van der Waals surface area contributed by atoms with Crippen LogP contribution >= 0.6 is 7.82 Å². The Labute approximate surface area is 307 Å². The fourth-order valence-corrected chi connectivity index (χ4v) is 6.99. The zero-order valence-electron chi connectivity index (χ0n) is 32.5. The van der Waals surface area contributed by atoms with E-state index in [-0.39, 0.29) is 26.2 Å². The molecule has 0 aromatic rings. The van der Waals surface area contributed by atoms with E-state index in [1.165, 1.54) is 122 Å². The topological polar surface area (TPSA) is 151 Å². The molecule has 9 nitrogen and oxygen atoms in total. The van der Waals surface area contributed by atoms with Gasteiger partial charge in [0.05, 0.1) is 37.9 Å². The third-order valence-electron chi connectivity index (χ3n) is 9.42. The van der Waals surface area contributed by atoms with Crippen LogP contribution in [0.5, 0.6) is 0 Å². The third kappa shape index (κ3) is 34.3. The fraction of sp³-hybridized carbons (Fsp3) is 0.925. The first-order valence-electron chi connectivity index (χ1n) is 20.9. The molecule has 1 amide bonds. The molecule has 0 saturated heterocycles. The number of nitrogens with one attached hydrogen (secondary N) is 1. The predicted molar refractivity (Wildman–Crippen MR) is 209 cm³/mol. The van der Waals surface area contributed by atoms with E-state index >= 15 is 0 Å². The van der Waals surface area contributed by atoms with Crippen molar-refractivity contribution in [2.45, 2.75) is 218 Å². The molecule has 0 aromatic carbocycles. The second-order valence-electron chi connectivity index (χ2n) is 14.4. The molecule has 0 heterocycles. The third-order valence-corrected chi connectivity index (χ3v) is 10.4. The van der Waals surface area contributed by atoms with Crippen LogP contribution in [0.3, 0.4) is 0 Å². The number of aliphatic hydroxyl groups is 2. The van der Waals surface area contributed by atoms with Crippen molar-refractivity contribution in [3.8, 4) is 0 Å². The summed E-state index contributed by atoms with van der Waals surface area (Å²) in [7, 11) is -4.37. The van der Waals surface area contributed by atoms with Gasteiger partial charge >= 0.3 is 7.82 Å². The lowest BCUT2D eigenvalue weighted by Gasteiger charge is -2.25. The van der Waals surface area contributed by atoms with Gasteiger partial charge in [-0.2, -0.15) is 0 Å². The summed E-state index contributed by atoms with van der Waals surface area (Å²) in [6, 6.07) is -0.894. The molecule has 0 radical (unpaired) electrons. The standard InChI is InChI=1S/C40H81N2O7P/c1-3-5-7-9-11-13-15-16-17-18-19-20-21-22-23-25-27-29-31-37(43)35-40(45)42-38(36-49-50(46,47)48-34-33-41)39(44)32-30-28-26-24-14-12-10-8-6-4-2/h19-20,37-39,43-44H,3-18,21-36,41H2,1-2H3,(H,42,45)(H,46,47)/b20-19-. The van der Waals surface area contributed by atoms with Gasteiger partial charge in [0.15, 0.2) is 0 Å². The number of allylic oxidation sites excluding steroid dienone is 2. The van der Waals surface area contributed by atoms with E-state index in [1.807, 2.05) is 0 Å². The average Bonchev–Trinajstić information content (AvgIpc) is 3.09. The minimum absolute atomic E-state index is 0.0597. The number of nitrogens with two attached hydrogens (primary N) is 1. The molecule has 0 aliphatic rings.